The van der Waals surface area contributed by atoms with Crippen molar-refractivity contribution in [2.45, 2.75) is 24.7 Å². The van der Waals surface area contributed by atoms with Crippen molar-refractivity contribution in [2.24, 2.45) is 0 Å². The molecule has 5 nitrogen and oxygen atoms in total. The fourth-order valence-electron chi connectivity index (χ4n) is 2.66. The molecule has 126 valence electrons. The van der Waals surface area contributed by atoms with Crippen LogP contribution in [0.4, 0.5) is 0 Å². The molecule has 0 saturated carbocycles. The van der Waals surface area contributed by atoms with Gasteiger partial charge in [-0.15, -0.1) is 11.8 Å². The molecule has 2 aromatic rings. The van der Waals surface area contributed by atoms with E-state index in [0.717, 1.165) is 31.7 Å². The Labute approximate surface area is 146 Å². The average Bonchev–Trinajstić information content (AvgIpc) is 2.64. The predicted octanol–water partition coefficient (Wildman–Crippen LogP) is 2.78. The summed E-state index contributed by atoms with van der Waals surface area (Å²) in [6, 6.07) is 12.0. The van der Waals surface area contributed by atoms with Crippen molar-refractivity contribution >= 4 is 17.7 Å². The number of ether oxygens (including phenoxy) is 1. The number of carbonyl (C=O) groups is 1. The van der Waals surface area contributed by atoms with Crippen molar-refractivity contribution in [1.82, 2.24) is 14.9 Å². The van der Waals surface area contributed by atoms with Crippen molar-refractivity contribution in [3.05, 3.63) is 54.5 Å². The van der Waals surface area contributed by atoms with E-state index in [1.54, 1.807) is 24.0 Å². The van der Waals surface area contributed by atoms with Gasteiger partial charge in [-0.1, -0.05) is 30.3 Å². The first-order valence-corrected chi connectivity index (χ1v) is 9.29. The van der Waals surface area contributed by atoms with Gasteiger partial charge < -0.3 is 9.64 Å². The summed E-state index contributed by atoms with van der Waals surface area (Å²) >= 11 is 1.67. The highest BCUT2D eigenvalue weighted by molar-refractivity contribution is 7.99. The predicted molar refractivity (Wildman–Crippen MR) is 94.9 cm³/mol. The monoisotopic (exact) mass is 343 g/mol. The maximum atomic E-state index is 12.3. The largest absolute Gasteiger partial charge is 0.474 e. The zero-order chi connectivity index (χ0) is 16.6. The Balaban J connectivity index is 1.37. The lowest BCUT2D eigenvalue weighted by Crippen LogP contribution is -2.42. The van der Waals surface area contributed by atoms with Gasteiger partial charge in [0.1, 0.15) is 12.4 Å². The highest BCUT2D eigenvalue weighted by Crippen LogP contribution is 2.18. The summed E-state index contributed by atoms with van der Waals surface area (Å²) in [5.41, 5.74) is 1.26. The summed E-state index contributed by atoms with van der Waals surface area (Å²) in [7, 11) is 0. The number of amides is 1. The van der Waals surface area contributed by atoms with Crippen molar-refractivity contribution in [2.75, 3.05) is 18.8 Å². The molecule has 6 heteroatoms. The molecule has 1 saturated heterocycles. The molecular weight excluding hydrogens is 322 g/mol. The normalized spacial score (nSPS) is 15.2. The van der Waals surface area contributed by atoms with Crippen molar-refractivity contribution < 1.29 is 9.53 Å². The molecule has 0 aliphatic carbocycles. The number of thioether (sulfide) groups is 1. The highest BCUT2D eigenvalue weighted by atomic mass is 32.2. The van der Waals surface area contributed by atoms with Gasteiger partial charge >= 0.3 is 0 Å². The van der Waals surface area contributed by atoms with Gasteiger partial charge in [0.2, 0.25) is 11.8 Å². The number of nitrogens with zero attached hydrogens (tertiary/aromatic N) is 3. The molecule has 2 heterocycles. The molecule has 0 N–H and O–H groups in total. The average molecular weight is 343 g/mol. The first-order valence-electron chi connectivity index (χ1n) is 8.13. The van der Waals surface area contributed by atoms with E-state index in [9.17, 15) is 4.79 Å². The summed E-state index contributed by atoms with van der Waals surface area (Å²) in [6.45, 7) is 1.50. The third-order valence-corrected chi connectivity index (χ3v) is 4.96. The summed E-state index contributed by atoms with van der Waals surface area (Å²) < 4.78 is 5.83. The molecule has 0 atom stereocenters. The lowest BCUT2D eigenvalue weighted by atomic mass is 10.1. The minimum absolute atomic E-state index is 0.126. The number of hydrogen-bond acceptors (Lipinski definition) is 5. The number of benzene rings is 1. The molecule has 0 spiro atoms. The van der Waals surface area contributed by atoms with E-state index in [2.05, 4.69) is 22.1 Å². The van der Waals surface area contributed by atoms with Crippen molar-refractivity contribution in [1.29, 1.82) is 0 Å². The maximum Gasteiger partial charge on any atom is 0.232 e. The van der Waals surface area contributed by atoms with Crippen LogP contribution in [-0.4, -0.2) is 45.7 Å². The molecule has 1 amide bonds. The van der Waals surface area contributed by atoms with Gasteiger partial charge in [0.15, 0.2) is 0 Å². The molecule has 0 bridgehead atoms. The minimum atomic E-state index is 0.126. The first kappa shape index (κ1) is 16.8. The third-order valence-electron chi connectivity index (χ3n) is 3.97. The molecule has 0 unspecified atom stereocenters. The number of piperidine rings is 1. The second kappa shape index (κ2) is 8.68. The van der Waals surface area contributed by atoms with E-state index >= 15 is 0 Å². The molecular formula is C18H21N3O2S. The van der Waals surface area contributed by atoms with Crippen LogP contribution >= 0.6 is 11.8 Å². The van der Waals surface area contributed by atoms with Gasteiger partial charge in [-0.2, -0.15) is 0 Å². The van der Waals surface area contributed by atoms with E-state index in [0.29, 0.717) is 11.6 Å². The number of rotatable bonds is 6. The van der Waals surface area contributed by atoms with Gasteiger partial charge in [-0.05, 0) is 5.56 Å². The number of likely N-dealkylation sites (tertiary alicyclic amines) is 1. The van der Waals surface area contributed by atoms with Crippen LogP contribution in [0, 0.1) is 0 Å². The van der Waals surface area contributed by atoms with Gasteiger partial charge in [0, 0.05) is 43.9 Å². The smallest absolute Gasteiger partial charge is 0.232 e. The molecule has 1 aliphatic heterocycles. The molecule has 0 radical (unpaired) electrons. The van der Waals surface area contributed by atoms with Crippen molar-refractivity contribution in [3.8, 4) is 5.88 Å². The topological polar surface area (TPSA) is 55.3 Å². The van der Waals surface area contributed by atoms with Gasteiger partial charge in [0.05, 0.1) is 5.75 Å². The van der Waals surface area contributed by atoms with Crippen molar-refractivity contribution in [3.63, 3.8) is 0 Å². The maximum absolute atomic E-state index is 12.3. The van der Waals surface area contributed by atoms with Crippen LogP contribution in [0.2, 0.25) is 0 Å². The molecule has 1 aliphatic rings. The van der Waals surface area contributed by atoms with Gasteiger partial charge in [-0.25, -0.2) is 9.97 Å². The van der Waals surface area contributed by atoms with Crippen LogP contribution in [0.25, 0.3) is 0 Å². The Kier molecular flexibility index (Phi) is 6.07. The summed E-state index contributed by atoms with van der Waals surface area (Å²) in [4.78, 5) is 22.2. The van der Waals surface area contributed by atoms with E-state index in [4.69, 9.17) is 4.74 Å². The van der Waals surface area contributed by atoms with E-state index in [-0.39, 0.29) is 12.0 Å². The molecule has 1 aromatic heterocycles. The zero-order valence-electron chi connectivity index (χ0n) is 13.5. The van der Waals surface area contributed by atoms with Crippen LogP contribution in [0.1, 0.15) is 18.4 Å². The fourth-order valence-corrected chi connectivity index (χ4v) is 3.55. The fraction of sp³-hybridized carbons (Fsp3) is 0.389. The lowest BCUT2D eigenvalue weighted by molar-refractivity contribution is -0.130. The summed E-state index contributed by atoms with van der Waals surface area (Å²) in [5.74, 6) is 2.23. The van der Waals surface area contributed by atoms with Crippen LogP contribution in [-0.2, 0) is 10.5 Å². The van der Waals surface area contributed by atoms with E-state index in [1.165, 1.54) is 11.9 Å². The second-order valence-corrected chi connectivity index (χ2v) is 6.71. The molecule has 1 fully saturated rings. The van der Waals surface area contributed by atoms with Gasteiger partial charge in [-0.3, -0.25) is 4.79 Å². The Hall–Kier alpha value is -2.08. The van der Waals surface area contributed by atoms with Crippen LogP contribution in [0.3, 0.4) is 0 Å². The first-order chi connectivity index (χ1) is 11.8. The second-order valence-electron chi connectivity index (χ2n) is 5.72. The SMILES string of the molecule is O=C(CSCc1ccccc1)N1CCC(Oc2ccncn2)CC1. The van der Waals surface area contributed by atoms with Gasteiger partial charge in [0.25, 0.3) is 0 Å². The van der Waals surface area contributed by atoms with Crippen LogP contribution in [0.15, 0.2) is 48.9 Å². The Morgan fingerprint density at radius 3 is 2.71 bits per heavy atom. The quantitative estimate of drug-likeness (QED) is 0.807. The Morgan fingerprint density at radius 1 is 1.21 bits per heavy atom. The van der Waals surface area contributed by atoms with E-state index in [1.807, 2.05) is 23.1 Å². The number of carbonyl (C=O) groups excluding carboxylic acids is 1. The molecule has 1 aromatic carbocycles. The molecule has 3 rings (SSSR count). The Bertz CT molecular complexity index is 631. The van der Waals surface area contributed by atoms with Crippen LogP contribution < -0.4 is 4.74 Å². The molecule has 24 heavy (non-hydrogen) atoms. The van der Waals surface area contributed by atoms with Crippen LogP contribution in [0.5, 0.6) is 5.88 Å². The number of hydrogen-bond donors (Lipinski definition) is 0. The Morgan fingerprint density at radius 2 is 2.00 bits per heavy atom. The third kappa shape index (κ3) is 4.96. The highest BCUT2D eigenvalue weighted by Gasteiger charge is 2.23. The van der Waals surface area contributed by atoms with E-state index < -0.39 is 0 Å². The zero-order valence-corrected chi connectivity index (χ0v) is 14.3. The summed E-state index contributed by atoms with van der Waals surface area (Å²) in [5, 5.41) is 0. The minimum Gasteiger partial charge on any atom is -0.474 e. The number of aromatic nitrogens is 2. The lowest BCUT2D eigenvalue weighted by Gasteiger charge is -2.31. The summed E-state index contributed by atoms with van der Waals surface area (Å²) in [6.07, 6.45) is 4.97. The standard InChI is InChI=1S/C18H21N3O2S/c22-18(13-24-12-15-4-2-1-3-5-15)21-10-7-16(8-11-21)23-17-6-9-19-14-20-17/h1-6,9,14,16H,7-8,10-13H2.